The lowest BCUT2D eigenvalue weighted by Gasteiger charge is -2.13. The van der Waals surface area contributed by atoms with Crippen LogP contribution in [0, 0.1) is 6.92 Å². The molecule has 9 heteroatoms. The van der Waals surface area contributed by atoms with Gasteiger partial charge in [-0.05, 0) is 32.0 Å². The predicted octanol–water partition coefficient (Wildman–Crippen LogP) is 2.42. The Bertz CT molecular complexity index is 1190. The molecule has 0 saturated carbocycles. The highest BCUT2D eigenvalue weighted by molar-refractivity contribution is 5.90. The first-order valence-corrected chi connectivity index (χ1v) is 10.3. The van der Waals surface area contributed by atoms with Crippen LogP contribution in [0.5, 0.6) is 11.5 Å². The fourth-order valence-corrected chi connectivity index (χ4v) is 3.00. The Balaban J connectivity index is 1.77. The van der Waals surface area contributed by atoms with E-state index in [0.29, 0.717) is 11.4 Å². The molecule has 33 heavy (non-hydrogen) atoms. The second-order valence-corrected chi connectivity index (χ2v) is 7.04. The van der Waals surface area contributed by atoms with Gasteiger partial charge in [0.1, 0.15) is 5.75 Å². The number of para-hydroxylation sites is 1. The Morgan fingerprint density at radius 3 is 2.48 bits per heavy atom. The van der Waals surface area contributed by atoms with Gasteiger partial charge in [0.15, 0.2) is 12.4 Å². The van der Waals surface area contributed by atoms with Crippen LogP contribution in [0.1, 0.15) is 28.5 Å². The van der Waals surface area contributed by atoms with Crippen LogP contribution in [0.3, 0.4) is 0 Å². The van der Waals surface area contributed by atoms with E-state index in [-0.39, 0.29) is 24.6 Å². The van der Waals surface area contributed by atoms with Gasteiger partial charge < -0.3 is 19.5 Å². The number of amides is 1. The largest absolute Gasteiger partial charge is 0.496 e. The average molecular weight is 451 g/mol. The molecule has 1 heterocycles. The van der Waals surface area contributed by atoms with Crippen molar-refractivity contribution in [2.24, 2.45) is 0 Å². The average Bonchev–Trinajstić information content (AvgIpc) is 2.82. The Morgan fingerprint density at radius 2 is 1.79 bits per heavy atom. The van der Waals surface area contributed by atoms with Crippen LogP contribution in [-0.4, -0.2) is 42.0 Å². The number of carbonyl (C=O) groups excluding carboxylic acids is 2. The third-order valence-electron chi connectivity index (χ3n) is 4.67. The fourth-order valence-electron chi connectivity index (χ4n) is 3.00. The Hall–Kier alpha value is -4.14. The van der Waals surface area contributed by atoms with Crippen LogP contribution < -0.4 is 20.3 Å². The summed E-state index contributed by atoms with van der Waals surface area (Å²) in [5.74, 6) is -0.692. The molecule has 0 aliphatic rings. The number of rotatable bonds is 9. The molecule has 0 bridgehead atoms. The molecule has 0 radical (unpaired) electrons. The van der Waals surface area contributed by atoms with Gasteiger partial charge in [0.2, 0.25) is 5.69 Å². The standard InChI is InChI=1S/C24H25N3O6/c1-4-32-24(30)23-20(13-22(29)27(26-23)18-11-9-16(2)10-12-18)33-15-21(28)25-14-17-7-5-6-8-19(17)31-3/h5-13H,4,14-15H2,1-3H3,(H,25,28). The van der Waals surface area contributed by atoms with E-state index in [2.05, 4.69) is 10.4 Å². The quantitative estimate of drug-likeness (QED) is 0.498. The van der Waals surface area contributed by atoms with Gasteiger partial charge in [-0.15, -0.1) is 0 Å². The highest BCUT2D eigenvalue weighted by Gasteiger charge is 2.20. The Labute approximate surface area is 190 Å². The van der Waals surface area contributed by atoms with Crippen LogP contribution in [0.4, 0.5) is 0 Å². The number of hydrogen-bond acceptors (Lipinski definition) is 7. The molecular formula is C24H25N3O6. The Morgan fingerprint density at radius 1 is 1.06 bits per heavy atom. The van der Waals surface area contributed by atoms with Crippen molar-refractivity contribution in [2.75, 3.05) is 20.3 Å². The Kier molecular flexibility index (Phi) is 7.80. The summed E-state index contributed by atoms with van der Waals surface area (Å²) in [6, 6.07) is 15.5. The molecule has 1 N–H and O–H groups in total. The first-order valence-electron chi connectivity index (χ1n) is 10.3. The number of esters is 1. The van der Waals surface area contributed by atoms with Crippen molar-refractivity contribution in [3.05, 3.63) is 81.8 Å². The van der Waals surface area contributed by atoms with Gasteiger partial charge in [0.05, 0.1) is 25.5 Å². The summed E-state index contributed by atoms with van der Waals surface area (Å²) in [7, 11) is 1.55. The van der Waals surface area contributed by atoms with E-state index < -0.39 is 24.0 Å². The smallest absolute Gasteiger partial charge is 0.362 e. The van der Waals surface area contributed by atoms with Crippen molar-refractivity contribution in [2.45, 2.75) is 20.4 Å². The number of methoxy groups -OCH3 is 1. The minimum absolute atomic E-state index is 0.114. The van der Waals surface area contributed by atoms with Crippen LogP contribution in [0.25, 0.3) is 5.69 Å². The lowest BCUT2D eigenvalue weighted by Crippen LogP contribution is -2.30. The third kappa shape index (κ3) is 5.97. The van der Waals surface area contributed by atoms with Gasteiger partial charge in [0.25, 0.3) is 11.5 Å². The first-order chi connectivity index (χ1) is 15.9. The summed E-state index contributed by atoms with van der Waals surface area (Å²) >= 11 is 0. The number of ether oxygens (including phenoxy) is 3. The maximum absolute atomic E-state index is 12.6. The van der Waals surface area contributed by atoms with E-state index in [1.54, 1.807) is 32.2 Å². The van der Waals surface area contributed by atoms with E-state index in [0.717, 1.165) is 21.9 Å². The lowest BCUT2D eigenvalue weighted by atomic mass is 10.2. The molecule has 2 aromatic carbocycles. The second-order valence-electron chi connectivity index (χ2n) is 7.04. The molecule has 172 valence electrons. The topological polar surface area (TPSA) is 109 Å². The van der Waals surface area contributed by atoms with E-state index in [4.69, 9.17) is 14.2 Å². The molecule has 3 aromatic rings. The maximum Gasteiger partial charge on any atom is 0.362 e. The van der Waals surface area contributed by atoms with Gasteiger partial charge >= 0.3 is 5.97 Å². The molecule has 1 amide bonds. The first kappa shape index (κ1) is 23.5. The summed E-state index contributed by atoms with van der Waals surface area (Å²) < 4.78 is 16.9. The number of benzene rings is 2. The fraction of sp³-hybridized carbons (Fsp3) is 0.250. The summed E-state index contributed by atoms with van der Waals surface area (Å²) in [6.45, 7) is 3.49. The van der Waals surface area contributed by atoms with E-state index in [1.165, 1.54) is 0 Å². The summed E-state index contributed by atoms with van der Waals surface area (Å²) in [5.41, 5.74) is 1.57. The highest BCUT2D eigenvalue weighted by atomic mass is 16.5. The van der Waals surface area contributed by atoms with Crippen molar-refractivity contribution in [1.29, 1.82) is 0 Å². The molecule has 0 spiro atoms. The maximum atomic E-state index is 12.6. The van der Waals surface area contributed by atoms with Crippen molar-refractivity contribution in [3.63, 3.8) is 0 Å². The van der Waals surface area contributed by atoms with Gasteiger partial charge in [-0.2, -0.15) is 9.78 Å². The van der Waals surface area contributed by atoms with Crippen LogP contribution in [-0.2, 0) is 16.1 Å². The van der Waals surface area contributed by atoms with E-state index >= 15 is 0 Å². The normalized spacial score (nSPS) is 10.4. The molecule has 3 rings (SSSR count). The van der Waals surface area contributed by atoms with Crippen LogP contribution >= 0.6 is 0 Å². The van der Waals surface area contributed by atoms with Crippen molar-refractivity contribution in [3.8, 4) is 17.2 Å². The molecule has 1 aromatic heterocycles. The zero-order valence-corrected chi connectivity index (χ0v) is 18.7. The van der Waals surface area contributed by atoms with Gasteiger partial charge in [0, 0.05) is 12.1 Å². The molecular weight excluding hydrogens is 426 g/mol. The number of hydrogen-bond donors (Lipinski definition) is 1. The third-order valence-corrected chi connectivity index (χ3v) is 4.67. The number of carbonyl (C=O) groups is 2. The molecule has 0 aliphatic carbocycles. The van der Waals surface area contributed by atoms with Gasteiger partial charge in [-0.25, -0.2) is 4.79 Å². The number of aromatic nitrogens is 2. The molecule has 0 fully saturated rings. The molecule has 0 saturated heterocycles. The zero-order chi connectivity index (χ0) is 23.8. The monoisotopic (exact) mass is 451 g/mol. The minimum atomic E-state index is -0.761. The van der Waals surface area contributed by atoms with E-state index in [1.807, 2.05) is 37.3 Å². The summed E-state index contributed by atoms with van der Waals surface area (Å²) in [4.78, 5) is 37.4. The lowest BCUT2D eigenvalue weighted by molar-refractivity contribution is -0.123. The number of aryl methyl sites for hydroxylation is 1. The van der Waals surface area contributed by atoms with Crippen molar-refractivity contribution < 1.29 is 23.8 Å². The minimum Gasteiger partial charge on any atom is -0.496 e. The summed E-state index contributed by atoms with van der Waals surface area (Å²) in [5, 5.41) is 6.85. The van der Waals surface area contributed by atoms with E-state index in [9.17, 15) is 14.4 Å². The van der Waals surface area contributed by atoms with Gasteiger partial charge in [-0.3, -0.25) is 9.59 Å². The molecule has 9 nitrogen and oxygen atoms in total. The predicted molar refractivity (Wildman–Crippen MR) is 121 cm³/mol. The molecule has 0 aliphatic heterocycles. The van der Waals surface area contributed by atoms with Crippen LogP contribution in [0.15, 0.2) is 59.4 Å². The summed E-state index contributed by atoms with van der Waals surface area (Å²) in [6.07, 6.45) is 0. The van der Waals surface area contributed by atoms with Crippen LogP contribution in [0.2, 0.25) is 0 Å². The zero-order valence-electron chi connectivity index (χ0n) is 18.7. The SMILES string of the molecule is CCOC(=O)c1nn(-c2ccc(C)cc2)c(=O)cc1OCC(=O)NCc1ccccc1OC. The number of nitrogens with zero attached hydrogens (tertiary/aromatic N) is 2. The second kappa shape index (κ2) is 10.9. The van der Waals surface area contributed by atoms with Gasteiger partial charge in [-0.1, -0.05) is 35.9 Å². The number of nitrogens with one attached hydrogen (secondary N) is 1. The highest BCUT2D eigenvalue weighted by Crippen LogP contribution is 2.18. The molecule has 0 atom stereocenters. The molecule has 0 unspecified atom stereocenters. The van der Waals surface area contributed by atoms with Crippen molar-refractivity contribution >= 4 is 11.9 Å². The van der Waals surface area contributed by atoms with Crippen molar-refractivity contribution in [1.82, 2.24) is 15.1 Å².